The average Bonchev–Trinajstić information content (AvgIpc) is 3.45. The van der Waals surface area contributed by atoms with Gasteiger partial charge in [0.25, 0.3) is 0 Å². The molecule has 2 aliphatic carbocycles. The zero-order valence-electron chi connectivity index (χ0n) is 17.3. The van der Waals surface area contributed by atoms with Gasteiger partial charge in [0, 0.05) is 24.2 Å². The van der Waals surface area contributed by atoms with Crippen molar-refractivity contribution in [1.29, 1.82) is 0 Å². The first kappa shape index (κ1) is 19.3. The molecule has 1 aromatic carbocycles. The summed E-state index contributed by atoms with van der Waals surface area (Å²) in [7, 11) is 0. The van der Waals surface area contributed by atoms with Crippen molar-refractivity contribution in [3.8, 4) is 0 Å². The molecule has 8 heteroatoms. The fraction of sp³-hybridized carbons (Fsp3) is 0.609. The predicted molar refractivity (Wildman–Crippen MR) is 110 cm³/mol. The largest absolute Gasteiger partial charge is 0.389 e. The topological polar surface area (TPSA) is 108 Å². The Morgan fingerprint density at radius 3 is 2.65 bits per heavy atom. The number of amides is 3. The third-order valence-electron chi connectivity index (χ3n) is 8.01. The van der Waals surface area contributed by atoms with Crippen LogP contribution in [0.4, 0.5) is 5.69 Å². The fourth-order valence-corrected chi connectivity index (χ4v) is 6.50. The van der Waals surface area contributed by atoms with Crippen LogP contribution in [0.5, 0.6) is 0 Å². The Morgan fingerprint density at radius 2 is 1.90 bits per heavy atom. The minimum atomic E-state index is -0.505. The van der Waals surface area contributed by atoms with Crippen molar-refractivity contribution in [1.82, 2.24) is 10.2 Å². The molecule has 164 valence electrons. The standard InChI is InChI=1S/C23H27N3O5/c27-17-10-31-18-7-16(17)25-15-4-1-11(5-14(15)18)8-24-19(28)9-26-22(29)20-12-2-3-13(6-12)21(20)23(26)30/h1,4-5,12-13,16-18,20-21,25,27H,2-3,6-10H2,(H,24,28)/t12-,13+,16-,17+,18-,20+,21-/m0/s1. The number of aliphatic hydroxyl groups is 1. The van der Waals surface area contributed by atoms with Crippen LogP contribution in [0.1, 0.15) is 42.9 Å². The maximum absolute atomic E-state index is 12.8. The van der Waals surface area contributed by atoms with Gasteiger partial charge in [-0.3, -0.25) is 19.3 Å². The average molecular weight is 425 g/mol. The lowest BCUT2D eigenvalue weighted by Crippen LogP contribution is -2.46. The molecule has 1 aromatic rings. The predicted octanol–water partition coefficient (Wildman–Crippen LogP) is 0.950. The molecule has 8 nitrogen and oxygen atoms in total. The number of benzene rings is 1. The molecule has 0 aromatic heterocycles. The number of hydrogen-bond acceptors (Lipinski definition) is 6. The second-order valence-corrected chi connectivity index (χ2v) is 9.72. The number of anilines is 1. The number of ether oxygens (including phenoxy) is 1. The maximum atomic E-state index is 12.8. The van der Waals surface area contributed by atoms with E-state index in [1.807, 2.05) is 18.2 Å². The first-order chi connectivity index (χ1) is 15.0. The van der Waals surface area contributed by atoms with Crippen molar-refractivity contribution in [3.63, 3.8) is 0 Å². The number of carbonyl (C=O) groups excluding carboxylic acids is 3. The number of aliphatic hydroxyl groups excluding tert-OH is 1. The Labute approximate surface area is 180 Å². The van der Waals surface area contributed by atoms with Gasteiger partial charge in [-0.05, 0) is 48.8 Å². The van der Waals surface area contributed by atoms with Gasteiger partial charge in [0.05, 0.1) is 36.7 Å². The Bertz CT molecular complexity index is 937. The summed E-state index contributed by atoms with van der Waals surface area (Å²) in [6.07, 6.45) is 3.20. The third kappa shape index (κ3) is 2.99. The van der Waals surface area contributed by atoms with Crippen molar-refractivity contribution in [2.75, 3.05) is 18.5 Å². The monoisotopic (exact) mass is 425 g/mol. The minimum absolute atomic E-state index is 0.00191. The maximum Gasteiger partial charge on any atom is 0.240 e. The summed E-state index contributed by atoms with van der Waals surface area (Å²) >= 11 is 0. The first-order valence-electron chi connectivity index (χ1n) is 11.3. The normalized spacial score (nSPS) is 37.5. The number of fused-ring (bicyclic) bond motifs is 9. The second-order valence-electron chi connectivity index (χ2n) is 9.72. The van der Waals surface area contributed by atoms with E-state index in [0.29, 0.717) is 31.4 Å². The van der Waals surface area contributed by atoms with E-state index in [4.69, 9.17) is 4.74 Å². The summed E-state index contributed by atoms with van der Waals surface area (Å²) in [5.41, 5.74) is 2.91. The van der Waals surface area contributed by atoms with Crippen LogP contribution in [0.3, 0.4) is 0 Å². The van der Waals surface area contributed by atoms with E-state index in [9.17, 15) is 19.5 Å². The van der Waals surface area contributed by atoms with Crippen molar-refractivity contribution in [2.24, 2.45) is 23.7 Å². The molecule has 31 heavy (non-hydrogen) atoms. The van der Waals surface area contributed by atoms with E-state index in [1.54, 1.807) is 0 Å². The van der Waals surface area contributed by atoms with Crippen molar-refractivity contribution in [3.05, 3.63) is 29.3 Å². The van der Waals surface area contributed by atoms with Gasteiger partial charge in [-0.2, -0.15) is 0 Å². The molecule has 6 rings (SSSR count). The molecule has 3 heterocycles. The van der Waals surface area contributed by atoms with Gasteiger partial charge >= 0.3 is 0 Å². The molecule has 0 spiro atoms. The van der Waals surface area contributed by atoms with Crippen LogP contribution in [0, 0.1) is 23.7 Å². The molecule has 0 radical (unpaired) electrons. The van der Waals surface area contributed by atoms with Gasteiger partial charge in [-0.25, -0.2) is 0 Å². The molecule has 3 amide bonds. The molecular formula is C23H27N3O5. The van der Waals surface area contributed by atoms with Crippen LogP contribution in [0.25, 0.3) is 0 Å². The third-order valence-corrected chi connectivity index (χ3v) is 8.01. The lowest BCUT2D eigenvalue weighted by molar-refractivity contribution is -0.144. The van der Waals surface area contributed by atoms with E-state index < -0.39 is 6.10 Å². The quantitative estimate of drug-likeness (QED) is 0.620. The van der Waals surface area contributed by atoms with Crippen LogP contribution in [0.15, 0.2) is 18.2 Å². The Kier molecular flexibility index (Phi) is 4.37. The second kappa shape index (κ2) is 7.03. The molecule has 4 fully saturated rings. The van der Waals surface area contributed by atoms with Crippen LogP contribution < -0.4 is 10.6 Å². The molecular weight excluding hydrogens is 398 g/mol. The minimum Gasteiger partial charge on any atom is -0.389 e. The van der Waals surface area contributed by atoms with Crippen LogP contribution in [0.2, 0.25) is 0 Å². The molecule has 4 bridgehead atoms. The van der Waals surface area contributed by atoms with E-state index in [2.05, 4.69) is 10.6 Å². The lowest BCUT2D eigenvalue weighted by atomic mass is 9.81. The number of imide groups is 1. The van der Waals surface area contributed by atoms with Crippen molar-refractivity contribution < 1.29 is 24.2 Å². The van der Waals surface area contributed by atoms with Crippen molar-refractivity contribution in [2.45, 2.75) is 50.5 Å². The zero-order valence-corrected chi connectivity index (χ0v) is 17.3. The molecule has 3 N–H and O–H groups in total. The summed E-state index contributed by atoms with van der Waals surface area (Å²) in [5, 5.41) is 16.2. The van der Waals surface area contributed by atoms with Gasteiger partial charge in [-0.15, -0.1) is 0 Å². The summed E-state index contributed by atoms with van der Waals surface area (Å²) in [6.45, 7) is 0.436. The number of carbonyl (C=O) groups is 3. The molecule has 2 saturated heterocycles. The Balaban J connectivity index is 1.09. The summed E-state index contributed by atoms with van der Waals surface area (Å²) in [6, 6.07) is 5.88. The first-order valence-corrected chi connectivity index (χ1v) is 11.3. The molecule has 5 aliphatic rings. The summed E-state index contributed by atoms with van der Waals surface area (Å²) in [4.78, 5) is 39.3. The van der Waals surface area contributed by atoms with E-state index in [0.717, 1.165) is 36.1 Å². The smallest absolute Gasteiger partial charge is 0.240 e. The number of hydrogen-bond donors (Lipinski definition) is 3. The molecule has 3 aliphatic heterocycles. The van der Waals surface area contributed by atoms with E-state index in [-0.39, 0.29) is 48.2 Å². The Hall–Kier alpha value is -2.45. The summed E-state index contributed by atoms with van der Waals surface area (Å²) in [5.74, 6) is -0.346. The van der Waals surface area contributed by atoms with Crippen LogP contribution in [-0.2, 0) is 25.7 Å². The van der Waals surface area contributed by atoms with Gasteiger partial charge in [0.2, 0.25) is 17.7 Å². The van der Waals surface area contributed by atoms with Crippen molar-refractivity contribution >= 4 is 23.4 Å². The Morgan fingerprint density at radius 1 is 1.16 bits per heavy atom. The van der Waals surface area contributed by atoms with Gasteiger partial charge < -0.3 is 20.5 Å². The SMILES string of the molecule is O=C(CN1C(=O)[C@@H]2[C@H]3CC[C@H](C3)[C@@H]2C1=O)NCc1ccc2c(c1)[C@@H]1C[C@H](N2)[C@H](O)CO1. The van der Waals surface area contributed by atoms with E-state index in [1.165, 1.54) is 4.90 Å². The molecule has 2 saturated carbocycles. The number of nitrogens with one attached hydrogen (secondary N) is 2. The number of nitrogens with zero attached hydrogens (tertiary/aromatic N) is 1. The highest BCUT2D eigenvalue weighted by Crippen LogP contribution is 2.56. The van der Waals surface area contributed by atoms with Gasteiger partial charge in [0.15, 0.2) is 0 Å². The molecule has 7 atom stereocenters. The number of likely N-dealkylation sites (tertiary alicyclic amines) is 1. The van der Waals surface area contributed by atoms with E-state index >= 15 is 0 Å². The highest BCUT2D eigenvalue weighted by molar-refractivity contribution is 6.08. The number of rotatable bonds is 4. The fourth-order valence-electron chi connectivity index (χ4n) is 6.50. The van der Waals surface area contributed by atoms with Gasteiger partial charge in [0.1, 0.15) is 6.54 Å². The summed E-state index contributed by atoms with van der Waals surface area (Å²) < 4.78 is 5.78. The highest BCUT2D eigenvalue weighted by atomic mass is 16.5. The van der Waals surface area contributed by atoms with Crippen LogP contribution >= 0.6 is 0 Å². The lowest BCUT2D eigenvalue weighted by Gasteiger charge is -2.40. The highest BCUT2D eigenvalue weighted by Gasteiger charge is 2.60. The zero-order chi connectivity index (χ0) is 21.3. The molecule has 0 unspecified atom stereocenters. The van der Waals surface area contributed by atoms with Crippen LogP contribution in [-0.4, -0.2) is 53.0 Å². The van der Waals surface area contributed by atoms with Gasteiger partial charge in [-0.1, -0.05) is 6.07 Å².